The number of anilines is 1. The molecule has 100 valence electrons. The number of methoxy groups -OCH3 is 1. The van der Waals surface area contributed by atoms with Crippen LogP contribution in [-0.4, -0.2) is 13.1 Å². The molecule has 2 rings (SSSR count). The van der Waals surface area contributed by atoms with Gasteiger partial charge in [-0.3, -0.25) is 0 Å². The Bertz CT molecular complexity index is 535. The molecule has 0 atom stereocenters. The molecule has 0 unspecified atom stereocenters. The molecule has 1 aromatic carbocycles. The maximum atomic E-state index is 5.84. The number of nitrogens with one attached hydrogen (secondary N) is 1. The monoisotopic (exact) mass is 259 g/mol. The molecule has 3 N–H and O–H groups in total. The minimum absolute atomic E-state index is 0.347. The van der Waals surface area contributed by atoms with E-state index in [1.807, 2.05) is 36.4 Å². The zero-order valence-electron chi connectivity index (χ0n) is 10.8. The van der Waals surface area contributed by atoms with Crippen LogP contribution >= 0.6 is 0 Å². The normalized spacial score (nSPS) is 11.5. The molecular formula is C14H17N3O2. The van der Waals surface area contributed by atoms with E-state index in [4.69, 9.17) is 14.9 Å². The molecule has 0 radical (unpaired) electrons. The average molecular weight is 259 g/mol. The van der Waals surface area contributed by atoms with Crippen molar-refractivity contribution in [2.75, 3.05) is 12.4 Å². The van der Waals surface area contributed by atoms with Crippen molar-refractivity contribution >= 4 is 11.6 Å². The van der Waals surface area contributed by atoms with Crippen molar-refractivity contribution < 1.29 is 9.15 Å². The van der Waals surface area contributed by atoms with E-state index in [0.29, 0.717) is 19.1 Å². The van der Waals surface area contributed by atoms with Crippen LogP contribution in [0.15, 0.2) is 52.1 Å². The number of ether oxygens (including phenoxy) is 1. The van der Waals surface area contributed by atoms with Crippen molar-refractivity contribution in [3.8, 4) is 0 Å². The van der Waals surface area contributed by atoms with E-state index in [0.717, 1.165) is 17.0 Å². The summed E-state index contributed by atoms with van der Waals surface area (Å²) in [5.74, 6) is 1.12. The van der Waals surface area contributed by atoms with Gasteiger partial charge < -0.3 is 20.2 Å². The molecule has 0 aliphatic carbocycles. The average Bonchev–Trinajstić information content (AvgIpc) is 2.92. The van der Waals surface area contributed by atoms with Crippen molar-refractivity contribution in [3.05, 3.63) is 54.0 Å². The first kappa shape index (κ1) is 13.2. The molecule has 0 saturated carbocycles. The molecule has 1 aromatic heterocycles. The van der Waals surface area contributed by atoms with Crippen LogP contribution in [-0.2, 0) is 17.9 Å². The summed E-state index contributed by atoms with van der Waals surface area (Å²) in [4.78, 5) is 4.21. The topological polar surface area (TPSA) is 72.8 Å². The highest BCUT2D eigenvalue weighted by atomic mass is 16.5. The van der Waals surface area contributed by atoms with Crippen LogP contribution in [0.1, 0.15) is 11.3 Å². The van der Waals surface area contributed by atoms with E-state index in [2.05, 4.69) is 10.3 Å². The summed E-state index contributed by atoms with van der Waals surface area (Å²) >= 11 is 0. The number of rotatable bonds is 5. The lowest BCUT2D eigenvalue weighted by Gasteiger charge is -2.10. The number of para-hydroxylation sites is 1. The molecule has 0 aliphatic heterocycles. The van der Waals surface area contributed by atoms with Crippen molar-refractivity contribution in [1.82, 2.24) is 0 Å². The molecule has 0 aliphatic rings. The van der Waals surface area contributed by atoms with Gasteiger partial charge >= 0.3 is 0 Å². The number of furan rings is 1. The first-order chi connectivity index (χ1) is 9.29. The fourth-order valence-corrected chi connectivity index (χ4v) is 1.67. The Morgan fingerprint density at radius 1 is 1.32 bits per heavy atom. The molecule has 5 nitrogen and oxygen atoms in total. The third-order valence-electron chi connectivity index (χ3n) is 2.57. The summed E-state index contributed by atoms with van der Waals surface area (Å²) < 4.78 is 10.3. The summed E-state index contributed by atoms with van der Waals surface area (Å²) in [7, 11) is 1.66. The van der Waals surface area contributed by atoms with Gasteiger partial charge in [-0.15, -0.1) is 0 Å². The Hall–Kier alpha value is -2.27. The van der Waals surface area contributed by atoms with E-state index in [-0.39, 0.29) is 0 Å². The van der Waals surface area contributed by atoms with Crippen LogP contribution in [0.2, 0.25) is 0 Å². The first-order valence-corrected chi connectivity index (χ1v) is 5.96. The zero-order valence-corrected chi connectivity index (χ0v) is 10.8. The Kier molecular flexibility index (Phi) is 4.58. The van der Waals surface area contributed by atoms with Gasteiger partial charge in [-0.25, -0.2) is 4.99 Å². The molecule has 0 fully saturated rings. The first-order valence-electron chi connectivity index (χ1n) is 5.96. The minimum atomic E-state index is 0.347. The number of hydrogen-bond acceptors (Lipinski definition) is 3. The van der Waals surface area contributed by atoms with Gasteiger partial charge in [0.25, 0.3) is 0 Å². The van der Waals surface area contributed by atoms with Gasteiger partial charge in [0, 0.05) is 18.4 Å². The molecule has 19 heavy (non-hydrogen) atoms. The molecule has 0 amide bonds. The van der Waals surface area contributed by atoms with Crippen molar-refractivity contribution in [1.29, 1.82) is 0 Å². The Morgan fingerprint density at radius 3 is 2.89 bits per heavy atom. The highest BCUT2D eigenvalue weighted by Gasteiger charge is 2.02. The van der Waals surface area contributed by atoms with Gasteiger partial charge in [0.05, 0.1) is 12.9 Å². The number of hydrogen-bond donors (Lipinski definition) is 2. The van der Waals surface area contributed by atoms with E-state index >= 15 is 0 Å². The van der Waals surface area contributed by atoms with Gasteiger partial charge in [-0.2, -0.15) is 0 Å². The van der Waals surface area contributed by atoms with E-state index in [9.17, 15) is 0 Å². The van der Waals surface area contributed by atoms with Crippen LogP contribution in [0.3, 0.4) is 0 Å². The Morgan fingerprint density at radius 2 is 2.16 bits per heavy atom. The predicted octanol–water partition coefficient (Wildman–Crippen LogP) is 2.35. The quantitative estimate of drug-likeness (QED) is 0.638. The summed E-state index contributed by atoms with van der Waals surface area (Å²) in [6, 6.07) is 11.5. The lowest BCUT2D eigenvalue weighted by atomic mass is 10.2. The smallest absolute Gasteiger partial charge is 0.193 e. The van der Waals surface area contributed by atoms with Gasteiger partial charge in [-0.1, -0.05) is 18.2 Å². The summed E-state index contributed by atoms with van der Waals surface area (Å²) in [5, 5.41) is 3.06. The summed E-state index contributed by atoms with van der Waals surface area (Å²) in [6.07, 6.45) is 1.61. The van der Waals surface area contributed by atoms with E-state index in [1.54, 1.807) is 13.4 Å². The lowest BCUT2D eigenvalue weighted by Crippen LogP contribution is -2.23. The number of benzene rings is 1. The van der Waals surface area contributed by atoms with E-state index < -0.39 is 0 Å². The zero-order chi connectivity index (χ0) is 13.5. The largest absolute Gasteiger partial charge is 0.467 e. The second-order valence-electron chi connectivity index (χ2n) is 4.00. The second-order valence-corrected chi connectivity index (χ2v) is 4.00. The van der Waals surface area contributed by atoms with Gasteiger partial charge in [0.1, 0.15) is 12.3 Å². The number of guanidine groups is 1. The molecule has 0 bridgehead atoms. The second kappa shape index (κ2) is 6.61. The lowest BCUT2D eigenvalue weighted by molar-refractivity contribution is 0.185. The highest BCUT2D eigenvalue weighted by Crippen LogP contribution is 2.15. The molecule has 0 saturated heterocycles. The fraction of sp³-hybridized carbons (Fsp3) is 0.214. The van der Waals surface area contributed by atoms with Crippen molar-refractivity contribution in [2.45, 2.75) is 13.2 Å². The summed E-state index contributed by atoms with van der Waals surface area (Å²) in [5.41, 5.74) is 7.77. The Labute approximate surface area is 112 Å². The predicted molar refractivity (Wildman–Crippen MR) is 74.8 cm³/mol. The van der Waals surface area contributed by atoms with Crippen LogP contribution in [0, 0.1) is 0 Å². The molecular weight excluding hydrogens is 242 g/mol. The van der Waals surface area contributed by atoms with Gasteiger partial charge in [0.2, 0.25) is 0 Å². The summed E-state index contributed by atoms with van der Waals surface area (Å²) in [6.45, 7) is 0.937. The third-order valence-corrected chi connectivity index (χ3v) is 2.57. The number of aliphatic imine (C=N–C) groups is 1. The fourth-order valence-electron chi connectivity index (χ4n) is 1.67. The molecule has 1 heterocycles. The highest BCUT2D eigenvalue weighted by molar-refractivity contribution is 5.92. The van der Waals surface area contributed by atoms with E-state index in [1.165, 1.54) is 0 Å². The van der Waals surface area contributed by atoms with Crippen LogP contribution in [0.4, 0.5) is 5.69 Å². The minimum Gasteiger partial charge on any atom is -0.467 e. The molecule has 0 spiro atoms. The maximum Gasteiger partial charge on any atom is 0.193 e. The van der Waals surface area contributed by atoms with Gasteiger partial charge in [0.15, 0.2) is 5.96 Å². The maximum absolute atomic E-state index is 5.84. The van der Waals surface area contributed by atoms with Crippen LogP contribution in [0.5, 0.6) is 0 Å². The van der Waals surface area contributed by atoms with Crippen LogP contribution < -0.4 is 11.1 Å². The van der Waals surface area contributed by atoms with Crippen molar-refractivity contribution in [3.63, 3.8) is 0 Å². The number of nitrogens with zero attached hydrogens (tertiary/aromatic N) is 1. The Balaban J connectivity index is 2.01. The van der Waals surface area contributed by atoms with Gasteiger partial charge in [-0.05, 0) is 18.2 Å². The number of nitrogens with two attached hydrogens (primary N) is 1. The van der Waals surface area contributed by atoms with Crippen molar-refractivity contribution in [2.24, 2.45) is 10.7 Å². The molecule has 5 heteroatoms. The SMILES string of the molecule is COCc1ccccc1NC(N)=NCc1ccco1. The molecule has 2 aromatic rings. The third kappa shape index (κ3) is 3.86. The standard InChI is InChI=1S/C14H17N3O2/c1-18-10-11-5-2-3-7-13(11)17-14(15)16-9-12-6-4-8-19-12/h2-8H,9-10H2,1H3,(H3,15,16,17). The van der Waals surface area contributed by atoms with Crippen LogP contribution in [0.25, 0.3) is 0 Å².